The van der Waals surface area contributed by atoms with Crippen LogP contribution in [0.4, 0.5) is 0 Å². The molecule has 0 bridgehead atoms. The third-order valence-corrected chi connectivity index (χ3v) is 3.77. The molecule has 0 aromatic rings. The van der Waals surface area contributed by atoms with Gasteiger partial charge in [0.25, 0.3) is 0 Å². The zero-order chi connectivity index (χ0) is 11.5. The number of allylic oxidation sites excluding steroid dienone is 2. The van der Waals surface area contributed by atoms with Crippen LogP contribution in [0.5, 0.6) is 0 Å². The fourth-order valence-electron chi connectivity index (χ4n) is 2.28. The largest absolute Gasteiger partial charge is 0.384 e. The van der Waals surface area contributed by atoms with E-state index in [2.05, 4.69) is 64.1 Å². The molecule has 0 aromatic carbocycles. The van der Waals surface area contributed by atoms with Gasteiger partial charge in [-0.15, -0.1) is 0 Å². The van der Waals surface area contributed by atoms with Crippen molar-refractivity contribution in [3.8, 4) is 0 Å². The van der Waals surface area contributed by atoms with Crippen LogP contribution < -0.4 is 5.32 Å². The molecule has 1 saturated heterocycles. The molecule has 1 N–H and O–H groups in total. The lowest BCUT2D eigenvalue weighted by molar-refractivity contribution is 0.239. The SMILES string of the molecule is CN1C=C(I)C=C(NC2CCN(C)CC2)C1. The van der Waals surface area contributed by atoms with Crippen molar-refractivity contribution in [2.24, 2.45) is 0 Å². The van der Waals surface area contributed by atoms with Crippen molar-refractivity contribution in [3.05, 3.63) is 21.6 Å². The van der Waals surface area contributed by atoms with Crippen molar-refractivity contribution in [2.45, 2.75) is 18.9 Å². The summed E-state index contributed by atoms with van der Waals surface area (Å²) in [5.74, 6) is 0. The quantitative estimate of drug-likeness (QED) is 0.777. The van der Waals surface area contributed by atoms with Gasteiger partial charge in [-0.3, -0.25) is 0 Å². The molecule has 0 aliphatic carbocycles. The van der Waals surface area contributed by atoms with Crippen LogP contribution in [0.3, 0.4) is 0 Å². The number of hydrogen-bond donors (Lipinski definition) is 1. The van der Waals surface area contributed by atoms with Crippen molar-refractivity contribution in [3.63, 3.8) is 0 Å². The maximum atomic E-state index is 3.69. The van der Waals surface area contributed by atoms with Gasteiger partial charge in [-0.1, -0.05) is 0 Å². The molecule has 2 aliphatic rings. The second-order valence-electron chi connectivity index (χ2n) is 4.82. The summed E-state index contributed by atoms with van der Waals surface area (Å²) in [5, 5.41) is 3.69. The number of rotatable bonds is 2. The van der Waals surface area contributed by atoms with Gasteiger partial charge in [-0.25, -0.2) is 0 Å². The molecule has 0 atom stereocenters. The van der Waals surface area contributed by atoms with E-state index in [9.17, 15) is 0 Å². The lowest BCUT2D eigenvalue weighted by Crippen LogP contribution is -2.42. The van der Waals surface area contributed by atoms with Crippen molar-refractivity contribution in [1.82, 2.24) is 15.1 Å². The van der Waals surface area contributed by atoms with Gasteiger partial charge in [-0.05, 0) is 61.6 Å². The molecular formula is C12H20IN3. The summed E-state index contributed by atoms with van der Waals surface area (Å²) in [5.41, 5.74) is 1.36. The minimum Gasteiger partial charge on any atom is -0.384 e. The highest BCUT2D eigenvalue weighted by Gasteiger charge is 2.18. The van der Waals surface area contributed by atoms with Crippen molar-refractivity contribution in [2.75, 3.05) is 33.7 Å². The van der Waals surface area contributed by atoms with Crippen molar-refractivity contribution < 1.29 is 0 Å². The number of piperidine rings is 1. The number of halogens is 1. The van der Waals surface area contributed by atoms with E-state index >= 15 is 0 Å². The summed E-state index contributed by atoms with van der Waals surface area (Å²) in [4.78, 5) is 4.64. The van der Waals surface area contributed by atoms with E-state index < -0.39 is 0 Å². The van der Waals surface area contributed by atoms with Gasteiger partial charge in [0, 0.05) is 28.6 Å². The second-order valence-corrected chi connectivity index (χ2v) is 6.07. The Balaban J connectivity index is 1.88. The molecule has 0 radical (unpaired) electrons. The molecule has 90 valence electrons. The van der Waals surface area contributed by atoms with Crippen LogP contribution in [-0.2, 0) is 0 Å². The van der Waals surface area contributed by atoms with Gasteiger partial charge < -0.3 is 15.1 Å². The molecule has 3 nitrogen and oxygen atoms in total. The first-order chi connectivity index (χ1) is 7.63. The van der Waals surface area contributed by atoms with Gasteiger partial charge in [0.2, 0.25) is 0 Å². The van der Waals surface area contributed by atoms with Gasteiger partial charge in [0.1, 0.15) is 0 Å². The average Bonchev–Trinajstić information content (AvgIpc) is 2.20. The standard InChI is InChI=1S/C12H20IN3/c1-15-5-3-11(4-6-15)14-12-7-10(13)8-16(2)9-12/h7-8,11,14H,3-6,9H2,1-2H3. The van der Waals surface area contributed by atoms with Gasteiger partial charge in [-0.2, -0.15) is 0 Å². The Labute approximate surface area is 112 Å². The monoisotopic (exact) mass is 333 g/mol. The lowest BCUT2D eigenvalue weighted by Gasteiger charge is -2.32. The maximum Gasteiger partial charge on any atom is 0.0568 e. The number of nitrogens with one attached hydrogen (secondary N) is 1. The first-order valence-corrected chi connectivity index (χ1v) is 6.94. The molecule has 2 aliphatic heterocycles. The highest BCUT2D eigenvalue weighted by atomic mass is 127. The molecule has 0 aromatic heterocycles. The first kappa shape index (κ1) is 12.2. The van der Waals surface area contributed by atoms with Crippen LogP contribution in [0, 0.1) is 0 Å². The number of likely N-dealkylation sites (N-methyl/N-ethyl adjacent to an activating group) is 1. The summed E-state index contributed by atoms with van der Waals surface area (Å²) < 4.78 is 1.31. The average molecular weight is 333 g/mol. The highest BCUT2D eigenvalue weighted by Crippen LogP contribution is 2.18. The fraction of sp³-hybridized carbons (Fsp3) is 0.667. The van der Waals surface area contributed by atoms with Crippen molar-refractivity contribution in [1.29, 1.82) is 0 Å². The molecular weight excluding hydrogens is 313 g/mol. The first-order valence-electron chi connectivity index (χ1n) is 5.87. The molecule has 0 spiro atoms. The van der Waals surface area contributed by atoms with E-state index in [1.54, 1.807) is 0 Å². The van der Waals surface area contributed by atoms with Crippen LogP contribution in [0.1, 0.15) is 12.8 Å². The van der Waals surface area contributed by atoms with Crippen LogP contribution in [-0.4, -0.2) is 49.6 Å². The van der Waals surface area contributed by atoms with Gasteiger partial charge in [0.05, 0.1) is 6.54 Å². The zero-order valence-corrected chi connectivity index (χ0v) is 12.2. The third kappa shape index (κ3) is 3.38. The van der Waals surface area contributed by atoms with Gasteiger partial charge in [0.15, 0.2) is 0 Å². The van der Waals surface area contributed by atoms with Crippen LogP contribution in [0.15, 0.2) is 21.6 Å². The molecule has 16 heavy (non-hydrogen) atoms. The van der Waals surface area contributed by atoms with E-state index in [0.717, 1.165) is 6.54 Å². The number of likely N-dealkylation sites (tertiary alicyclic amines) is 1. The normalized spacial score (nSPS) is 24.1. The van der Waals surface area contributed by atoms with Gasteiger partial charge >= 0.3 is 0 Å². The Morgan fingerprint density at radius 2 is 2.00 bits per heavy atom. The van der Waals surface area contributed by atoms with Crippen LogP contribution in [0.2, 0.25) is 0 Å². The van der Waals surface area contributed by atoms with E-state index in [-0.39, 0.29) is 0 Å². The molecule has 0 amide bonds. The number of hydrogen-bond acceptors (Lipinski definition) is 3. The topological polar surface area (TPSA) is 18.5 Å². The summed E-state index contributed by atoms with van der Waals surface area (Å²) in [6.45, 7) is 3.44. The fourth-order valence-corrected chi connectivity index (χ4v) is 3.13. The Morgan fingerprint density at radius 1 is 1.31 bits per heavy atom. The van der Waals surface area contributed by atoms with Crippen LogP contribution >= 0.6 is 22.6 Å². The Bertz CT molecular complexity index is 303. The lowest BCUT2D eigenvalue weighted by atomic mass is 10.0. The molecule has 2 heterocycles. The Kier molecular flexibility index (Phi) is 4.13. The minimum atomic E-state index is 0.665. The zero-order valence-electron chi connectivity index (χ0n) is 10.0. The third-order valence-electron chi connectivity index (χ3n) is 3.18. The molecule has 1 fully saturated rings. The number of nitrogens with zero attached hydrogens (tertiary/aromatic N) is 2. The van der Waals surface area contributed by atoms with E-state index in [1.807, 2.05) is 0 Å². The Hall–Kier alpha value is -0.230. The summed E-state index contributed by atoms with van der Waals surface area (Å²) in [6.07, 6.45) is 6.97. The summed E-state index contributed by atoms with van der Waals surface area (Å²) >= 11 is 2.38. The Morgan fingerprint density at radius 3 is 2.62 bits per heavy atom. The maximum absolute atomic E-state index is 3.69. The van der Waals surface area contributed by atoms with Crippen molar-refractivity contribution >= 4 is 22.6 Å². The van der Waals surface area contributed by atoms with Crippen LogP contribution in [0.25, 0.3) is 0 Å². The summed E-state index contributed by atoms with van der Waals surface area (Å²) in [7, 11) is 4.33. The predicted molar refractivity (Wildman–Crippen MR) is 76.5 cm³/mol. The molecule has 0 saturated carbocycles. The minimum absolute atomic E-state index is 0.665. The summed E-state index contributed by atoms with van der Waals surface area (Å²) in [6, 6.07) is 0.665. The highest BCUT2D eigenvalue weighted by molar-refractivity contribution is 14.1. The molecule has 2 rings (SSSR count). The van der Waals surface area contributed by atoms with E-state index in [4.69, 9.17) is 0 Å². The van der Waals surface area contributed by atoms with E-state index in [1.165, 1.54) is 35.2 Å². The smallest absolute Gasteiger partial charge is 0.0568 e. The predicted octanol–water partition coefficient (Wildman–Crippen LogP) is 1.78. The molecule has 0 unspecified atom stereocenters. The second kappa shape index (κ2) is 5.40. The molecule has 4 heteroatoms. The van der Waals surface area contributed by atoms with E-state index in [0.29, 0.717) is 6.04 Å².